The van der Waals surface area contributed by atoms with E-state index >= 15 is 0 Å². The van der Waals surface area contributed by atoms with Crippen LogP contribution >= 0.6 is 0 Å². The molecule has 0 spiro atoms. The maximum Gasteiger partial charge on any atom is 0.501 e. The Morgan fingerprint density at radius 3 is 2.34 bits per heavy atom. The van der Waals surface area contributed by atoms with Crippen molar-refractivity contribution >= 4 is 27.5 Å². The minimum absolute atomic E-state index is 0.0269. The van der Waals surface area contributed by atoms with E-state index in [0.29, 0.717) is 23.4 Å². The number of nitrogens with zero attached hydrogens (tertiary/aromatic N) is 3. The van der Waals surface area contributed by atoms with Crippen molar-refractivity contribution < 1.29 is 31.2 Å². The Morgan fingerprint density at radius 2 is 1.76 bits per heavy atom. The van der Waals surface area contributed by atoms with Crippen molar-refractivity contribution in [2.75, 3.05) is 11.4 Å². The number of amides is 3. The number of alkyl halides is 3. The Morgan fingerprint density at radius 1 is 1.10 bits per heavy atom. The molecule has 29 heavy (non-hydrogen) atoms. The molecule has 0 unspecified atom stereocenters. The summed E-state index contributed by atoms with van der Waals surface area (Å²) in [6.45, 7) is 0.0822. The van der Waals surface area contributed by atoms with Crippen molar-refractivity contribution in [1.82, 2.24) is 9.88 Å². The number of hydrogen-bond donors (Lipinski definition) is 1. The highest BCUT2D eigenvalue weighted by molar-refractivity contribution is 7.92. The summed E-state index contributed by atoms with van der Waals surface area (Å²) in [6, 6.07) is 6.06. The van der Waals surface area contributed by atoms with Crippen molar-refractivity contribution in [3.63, 3.8) is 0 Å². The van der Waals surface area contributed by atoms with Crippen molar-refractivity contribution in [3.05, 3.63) is 53.9 Å². The van der Waals surface area contributed by atoms with E-state index in [1.165, 1.54) is 11.1 Å². The van der Waals surface area contributed by atoms with Crippen LogP contribution in [0.4, 0.5) is 23.7 Å². The highest BCUT2D eigenvalue weighted by atomic mass is 32.2. The average molecular weight is 428 g/mol. The maximum absolute atomic E-state index is 12.6. The first-order valence-corrected chi connectivity index (χ1v) is 9.70. The fraction of sp³-hybridized carbons (Fsp3) is 0.235. The number of aromatic nitrogens is 1. The Labute approximate surface area is 163 Å². The van der Waals surface area contributed by atoms with Crippen LogP contribution in [0.3, 0.4) is 0 Å². The van der Waals surface area contributed by atoms with E-state index in [2.05, 4.69) is 4.98 Å². The summed E-state index contributed by atoms with van der Waals surface area (Å²) in [5.74, 6) is -0.588. The lowest BCUT2D eigenvalue weighted by molar-refractivity contribution is -0.116. The number of halogens is 3. The Kier molecular flexibility index (Phi) is 5.32. The molecule has 0 saturated carbocycles. The molecule has 1 aromatic heterocycles. The van der Waals surface area contributed by atoms with E-state index in [0.717, 1.165) is 17.0 Å². The van der Waals surface area contributed by atoms with Gasteiger partial charge in [0.05, 0.1) is 16.3 Å². The van der Waals surface area contributed by atoms with Crippen LogP contribution in [-0.4, -0.2) is 42.3 Å². The summed E-state index contributed by atoms with van der Waals surface area (Å²) < 4.78 is 60.7. The fourth-order valence-electron chi connectivity index (χ4n) is 2.79. The molecule has 2 heterocycles. The lowest BCUT2D eigenvalue weighted by Gasteiger charge is -2.18. The lowest BCUT2D eigenvalue weighted by Crippen LogP contribution is -2.32. The second kappa shape index (κ2) is 7.44. The molecular weight excluding hydrogens is 413 g/mol. The van der Waals surface area contributed by atoms with Gasteiger partial charge in [0, 0.05) is 19.3 Å². The summed E-state index contributed by atoms with van der Waals surface area (Å²) >= 11 is 0. The molecule has 1 aliphatic rings. The third-order valence-corrected chi connectivity index (χ3v) is 5.71. The van der Waals surface area contributed by atoms with Gasteiger partial charge >= 0.3 is 11.5 Å². The number of rotatable bonds is 5. The van der Waals surface area contributed by atoms with Crippen LogP contribution in [-0.2, 0) is 27.7 Å². The molecule has 3 amide bonds. The van der Waals surface area contributed by atoms with Gasteiger partial charge in [0.15, 0.2) is 0 Å². The van der Waals surface area contributed by atoms with Crippen LogP contribution in [0.1, 0.15) is 11.3 Å². The second-order valence-corrected chi connectivity index (χ2v) is 8.11. The van der Waals surface area contributed by atoms with Gasteiger partial charge in [-0.25, -0.2) is 18.1 Å². The van der Waals surface area contributed by atoms with Gasteiger partial charge < -0.3 is 10.6 Å². The fourth-order valence-corrected chi connectivity index (χ4v) is 3.56. The summed E-state index contributed by atoms with van der Waals surface area (Å²) in [7, 11) is -5.52. The smallest absolute Gasteiger partial charge is 0.325 e. The topological polar surface area (TPSA) is 114 Å². The van der Waals surface area contributed by atoms with Gasteiger partial charge in [0.1, 0.15) is 6.54 Å². The summed E-state index contributed by atoms with van der Waals surface area (Å²) in [5, 5.41) is 0. The van der Waals surface area contributed by atoms with Crippen molar-refractivity contribution in [1.29, 1.82) is 0 Å². The lowest BCUT2D eigenvalue weighted by atomic mass is 10.2. The van der Waals surface area contributed by atoms with Crippen molar-refractivity contribution in [3.8, 4) is 0 Å². The molecule has 1 fully saturated rings. The molecule has 8 nitrogen and oxygen atoms in total. The molecule has 0 radical (unpaired) electrons. The van der Waals surface area contributed by atoms with Gasteiger partial charge in [0.2, 0.25) is 0 Å². The van der Waals surface area contributed by atoms with E-state index in [-0.39, 0.29) is 25.3 Å². The molecule has 154 valence electrons. The van der Waals surface area contributed by atoms with E-state index in [1.54, 1.807) is 12.1 Å². The normalized spacial score (nSPS) is 15.3. The van der Waals surface area contributed by atoms with Gasteiger partial charge in [-0.05, 0) is 42.0 Å². The van der Waals surface area contributed by atoms with Crippen LogP contribution in [0, 0.1) is 0 Å². The van der Waals surface area contributed by atoms with Crippen LogP contribution in [0.25, 0.3) is 0 Å². The van der Waals surface area contributed by atoms with E-state index in [9.17, 15) is 31.2 Å². The summed E-state index contributed by atoms with van der Waals surface area (Å²) in [5.41, 5.74) is 1.37. The molecule has 0 bridgehead atoms. The second-order valence-electron chi connectivity index (χ2n) is 6.17. The van der Waals surface area contributed by atoms with Crippen LogP contribution in [0.15, 0.2) is 47.5 Å². The standard InChI is InChI=1S/C17H15F3N4O4S/c18-17(19,20)29(27,28)14-3-1-13(2-4-14)24-15(25)10-23(16(24)26)9-11-5-6-22-12(7-11)8-21/h1-7H,8-10,21H2. The predicted molar refractivity (Wildman–Crippen MR) is 95.1 cm³/mol. The summed E-state index contributed by atoms with van der Waals surface area (Å²) in [4.78, 5) is 30.0. The minimum atomic E-state index is -5.52. The SMILES string of the molecule is NCc1cc(CN2CC(=O)N(c3ccc(S(=O)(=O)C(F)(F)F)cc3)C2=O)ccn1. The van der Waals surface area contributed by atoms with Gasteiger partial charge in [0.25, 0.3) is 15.7 Å². The Hall–Kier alpha value is -2.99. The summed E-state index contributed by atoms with van der Waals surface area (Å²) in [6.07, 6.45) is 1.53. The maximum atomic E-state index is 12.6. The minimum Gasteiger partial charge on any atom is -0.325 e. The highest BCUT2D eigenvalue weighted by Gasteiger charge is 2.47. The molecule has 2 N–H and O–H groups in total. The zero-order valence-electron chi connectivity index (χ0n) is 14.8. The highest BCUT2D eigenvalue weighted by Crippen LogP contribution is 2.32. The van der Waals surface area contributed by atoms with Crippen molar-refractivity contribution in [2.24, 2.45) is 5.73 Å². The number of carbonyl (C=O) groups is 2. The molecule has 3 rings (SSSR count). The van der Waals surface area contributed by atoms with Gasteiger partial charge in [-0.1, -0.05) is 0 Å². The molecule has 0 aliphatic carbocycles. The number of imide groups is 1. The molecule has 0 atom stereocenters. The number of sulfone groups is 1. The first-order chi connectivity index (χ1) is 13.5. The van der Waals surface area contributed by atoms with E-state index in [4.69, 9.17) is 5.73 Å². The number of carbonyl (C=O) groups excluding carboxylic acids is 2. The molecule has 1 aliphatic heterocycles. The Balaban J connectivity index is 1.81. The van der Waals surface area contributed by atoms with Gasteiger partial charge in [-0.15, -0.1) is 0 Å². The quantitative estimate of drug-likeness (QED) is 0.727. The zero-order chi connectivity index (χ0) is 21.4. The molecule has 1 aromatic carbocycles. The number of benzene rings is 1. The number of urea groups is 1. The molecule has 2 aromatic rings. The van der Waals surface area contributed by atoms with Crippen LogP contribution in [0.2, 0.25) is 0 Å². The number of pyridine rings is 1. The van der Waals surface area contributed by atoms with Crippen LogP contribution in [0.5, 0.6) is 0 Å². The zero-order valence-corrected chi connectivity index (χ0v) is 15.6. The Bertz CT molecular complexity index is 1060. The predicted octanol–water partition coefficient (Wildman–Crippen LogP) is 1.80. The van der Waals surface area contributed by atoms with Crippen LogP contribution < -0.4 is 10.6 Å². The van der Waals surface area contributed by atoms with E-state index < -0.39 is 32.2 Å². The third kappa shape index (κ3) is 3.93. The molecule has 1 saturated heterocycles. The number of hydrogen-bond acceptors (Lipinski definition) is 6. The largest absolute Gasteiger partial charge is 0.501 e. The van der Waals surface area contributed by atoms with Gasteiger partial charge in [-0.3, -0.25) is 9.78 Å². The number of nitrogens with two attached hydrogens (primary N) is 1. The first-order valence-electron chi connectivity index (χ1n) is 8.22. The monoisotopic (exact) mass is 428 g/mol. The molecular formula is C17H15F3N4O4S. The molecule has 12 heteroatoms. The van der Waals surface area contributed by atoms with Gasteiger partial charge in [-0.2, -0.15) is 13.2 Å². The average Bonchev–Trinajstić information content (AvgIpc) is 2.94. The van der Waals surface area contributed by atoms with E-state index in [1.807, 2.05) is 0 Å². The first kappa shape index (κ1) is 20.7. The number of anilines is 1. The van der Waals surface area contributed by atoms with Crippen molar-refractivity contribution in [2.45, 2.75) is 23.5 Å². The third-order valence-electron chi connectivity index (χ3n) is 4.21.